The van der Waals surface area contributed by atoms with Crippen molar-refractivity contribution in [3.05, 3.63) is 62.7 Å². The van der Waals surface area contributed by atoms with Crippen molar-refractivity contribution in [3.8, 4) is 5.75 Å². The topological polar surface area (TPSA) is 47.9 Å². The summed E-state index contributed by atoms with van der Waals surface area (Å²) in [5.74, 6) is 0.406. The fraction of sp³-hybridized carbons (Fsp3) is 0.222. The van der Waals surface area contributed by atoms with Crippen LogP contribution in [0, 0.1) is 3.57 Å². The van der Waals surface area contributed by atoms with Crippen LogP contribution in [0.1, 0.15) is 34.3 Å². The van der Waals surface area contributed by atoms with E-state index >= 15 is 0 Å². The van der Waals surface area contributed by atoms with Crippen LogP contribution in [0.15, 0.2) is 47.6 Å². The number of carbonyl (C=O) groups excluding carboxylic acids is 1. The molecule has 23 heavy (non-hydrogen) atoms. The van der Waals surface area contributed by atoms with Gasteiger partial charge in [-0.15, -0.1) is 0 Å². The number of oxime groups is 1. The molecule has 0 spiro atoms. The van der Waals surface area contributed by atoms with Crippen molar-refractivity contribution >= 4 is 34.3 Å². The minimum absolute atomic E-state index is 0.428. The molecule has 4 nitrogen and oxygen atoms in total. The molecule has 0 saturated heterocycles. The van der Waals surface area contributed by atoms with Crippen LogP contribution < -0.4 is 4.74 Å². The van der Waals surface area contributed by atoms with Crippen molar-refractivity contribution in [1.82, 2.24) is 0 Å². The molecule has 2 aromatic carbocycles. The van der Waals surface area contributed by atoms with Crippen LogP contribution in [0.5, 0.6) is 5.75 Å². The van der Waals surface area contributed by atoms with E-state index in [0.29, 0.717) is 5.56 Å². The number of halogens is 1. The number of rotatable bonds is 3. The Bertz CT molecular complexity index is 771. The van der Waals surface area contributed by atoms with Crippen molar-refractivity contribution in [2.24, 2.45) is 5.16 Å². The van der Waals surface area contributed by atoms with E-state index in [1.54, 1.807) is 13.2 Å². The maximum Gasteiger partial charge on any atom is 0.366 e. The first-order valence-corrected chi connectivity index (χ1v) is 8.47. The molecule has 1 aliphatic carbocycles. The Balaban J connectivity index is 1.82. The van der Waals surface area contributed by atoms with Gasteiger partial charge in [-0.2, -0.15) is 0 Å². The highest BCUT2D eigenvalue weighted by molar-refractivity contribution is 14.1. The Morgan fingerprint density at radius 3 is 2.78 bits per heavy atom. The molecule has 1 aliphatic rings. The lowest BCUT2D eigenvalue weighted by Gasteiger charge is -2.18. The predicted octanol–water partition coefficient (Wildman–Crippen LogP) is 4.20. The number of carbonyl (C=O) groups is 1. The molecule has 0 radical (unpaired) electrons. The zero-order valence-electron chi connectivity index (χ0n) is 12.7. The lowest BCUT2D eigenvalue weighted by molar-refractivity contribution is 0.0514. The standard InChI is InChI=1S/C18H16INO3/c1-22-13-9-10-14-12(11-13)5-4-8-17(14)20-23-18(21)15-6-2-3-7-16(15)19/h2-3,6-7,9-11H,4-5,8H2,1H3/b20-17-. The minimum Gasteiger partial charge on any atom is -0.497 e. The Kier molecular flexibility index (Phi) is 4.95. The van der Waals surface area contributed by atoms with E-state index in [-0.39, 0.29) is 0 Å². The van der Waals surface area contributed by atoms with E-state index in [9.17, 15) is 4.79 Å². The molecular formula is C18H16INO3. The molecule has 0 atom stereocenters. The largest absolute Gasteiger partial charge is 0.497 e. The van der Waals surface area contributed by atoms with E-state index in [1.807, 2.05) is 36.4 Å². The van der Waals surface area contributed by atoms with Crippen molar-refractivity contribution < 1.29 is 14.4 Å². The van der Waals surface area contributed by atoms with Crippen molar-refractivity contribution in [3.63, 3.8) is 0 Å². The van der Waals surface area contributed by atoms with Crippen molar-refractivity contribution in [2.75, 3.05) is 7.11 Å². The van der Waals surface area contributed by atoms with Gasteiger partial charge in [0.1, 0.15) is 5.75 Å². The van der Waals surface area contributed by atoms with Gasteiger partial charge in [0.25, 0.3) is 0 Å². The van der Waals surface area contributed by atoms with Gasteiger partial charge in [-0.25, -0.2) is 4.79 Å². The Morgan fingerprint density at radius 2 is 2.00 bits per heavy atom. The molecule has 0 N–H and O–H groups in total. The number of aryl methyl sites for hydroxylation is 1. The first kappa shape index (κ1) is 16.0. The van der Waals surface area contributed by atoms with Crippen LogP contribution in [0.2, 0.25) is 0 Å². The summed E-state index contributed by atoms with van der Waals surface area (Å²) in [4.78, 5) is 17.3. The SMILES string of the molecule is COc1ccc2c(c1)CCC/C2=N/OC(=O)c1ccccc1I. The van der Waals surface area contributed by atoms with Gasteiger partial charge in [-0.3, -0.25) is 0 Å². The van der Waals surface area contributed by atoms with Crippen LogP contribution in [0.3, 0.4) is 0 Å². The first-order chi connectivity index (χ1) is 11.2. The lowest BCUT2D eigenvalue weighted by atomic mass is 9.90. The van der Waals surface area contributed by atoms with E-state index in [4.69, 9.17) is 9.57 Å². The number of fused-ring (bicyclic) bond motifs is 1. The van der Waals surface area contributed by atoms with Crippen LogP contribution >= 0.6 is 22.6 Å². The molecule has 0 fully saturated rings. The zero-order valence-corrected chi connectivity index (χ0v) is 14.9. The highest BCUT2D eigenvalue weighted by Gasteiger charge is 2.18. The molecule has 0 amide bonds. The Morgan fingerprint density at radius 1 is 1.17 bits per heavy atom. The fourth-order valence-corrected chi connectivity index (χ4v) is 3.24. The molecule has 0 bridgehead atoms. The summed E-state index contributed by atoms with van der Waals surface area (Å²) in [5, 5.41) is 4.12. The molecular weight excluding hydrogens is 405 g/mol. The van der Waals surface area contributed by atoms with Crippen LogP contribution in [0.25, 0.3) is 0 Å². The number of benzene rings is 2. The van der Waals surface area contributed by atoms with Gasteiger partial charge >= 0.3 is 5.97 Å². The minimum atomic E-state index is -0.428. The van der Waals surface area contributed by atoms with E-state index in [0.717, 1.165) is 39.9 Å². The van der Waals surface area contributed by atoms with Gasteiger partial charge in [0.15, 0.2) is 0 Å². The predicted molar refractivity (Wildman–Crippen MR) is 97.0 cm³/mol. The van der Waals surface area contributed by atoms with Crippen molar-refractivity contribution in [2.45, 2.75) is 19.3 Å². The number of ether oxygens (including phenoxy) is 1. The van der Waals surface area contributed by atoms with Crippen LogP contribution in [0.4, 0.5) is 0 Å². The molecule has 3 rings (SSSR count). The van der Waals surface area contributed by atoms with Gasteiger partial charge in [0.05, 0.1) is 18.4 Å². The second-order valence-electron chi connectivity index (χ2n) is 5.27. The number of nitrogens with zero attached hydrogens (tertiary/aromatic N) is 1. The van der Waals surface area contributed by atoms with Crippen molar-refractivity contribution in [1.29, 1.82) is 0 Å². The number of methoxy groups -OCH3 is 1. The highest BCUT2D eigenvalue weighted by atomic mass is 127. The quantitative estimate of drug-likeness (QED) is 0.424. The fourth-order valence-electron chi connectivity index (χ4n) is 2.63. The third-order valence-electron chi connectivity index (χ3n) is 3.82. The molecule has 2 aromatic rings. The summed E-state index contributed by atoms with van der Waals surface area (Å²) >= 11 is 2.11. The molecule has 0 aliphatic heterocycles. The van der Waals surface area contributed by atoms with Gasteiger partial charge in [-0.1, -0.05) is 17.3 Å². The Labute approximate surface area is 148 Å². The van der Waals surface area contributed by atoms with Gasteiger partial charge in [-0.05, 0) is 77.7 Å². The summed E-state index contributed by atoms with van der Waals surface area (Å²) < 4.78 is 6.11. The van der Waals surface area contributed by atoms with E-state index in [2.05, 4.69) is 27.7 Å². The van der Waals surface area contributed by atoms with E-state index < -0.39 is 5.97 Å². The smallest absolute Gasteiger partial charge is 0.366 e. The van der Waals surface area contributed by atoms with E-state index in [1.165, 1.54) is 5.56 Å². The normalized spacial score (nSPS) is 15.1. The summed E-state index contributed by atoms with van der Waals surface area (Å²) in [6.07, 6.45) is 2.77. The maximum atomic E-state index is 12.2. The molecule has 0 aromatic heterocycles. The average molecular weight is 421 g/mol. The molecule has 0 heterocycles. The van der Waals surface area contributed by atoms with Gasteiger partial charge in [0.2, 0.25) is 0 Å². The number of hydrogen-bond donors (Lipinski definition) is 0. The average Bonchev–Trinajstić information content (AvgIpc) is 2.59. The summed E-state index contributed by atoms with van der Waals surface area (Å²) in [6, 6.07) is 13.2. The Hall–Kier alpha value is -1.89. The number of hydrogen-bond acceptors (Lipinski definition) is 4. The second kappa shape index (κ2) is 7.12. The molecule has 5 heteroatoms. The summed E-state index contributed by atoms with van der Waals surface area (Å²) in [7, 11) is 1.66. The van der Waals surface area contributed by atoms with Gasteiger partial charge in [0, 0.05) is 9.13 Å². The molecule has 0 unspecified atom stereocenters. The van der Waals surface area contributed by atoms with Gasteiger partial charge < -0.3 is 9.57 Å². The second-order valence-corrected chi connectivity index (χ2v) is 6.44. The highest BCUT2D eigenvalue weighted by Crippen LogP contribution is 2.26. The zero-order chi connectivity index (χ0) is 16.2. The lowest BCUT2D eigenvalue weighted by Crippen LogP contribution is -2.14. The summed E-state index contributed by atoms with van der Waals surface area (Å²) in [5.41, 5.74) is 3.56. The monoisotopic (exact) mass is 421 g/mol. The first-order valence-electron chi connectivity index (χ1n) is 7.39. The van der Waals surface area contributed by atoms with Crippen LogP contribution in [-0.4, -0.2) is 18.8 Å². The third kappa shape index (κ3) is 3.55. The van der Waals surface area contributed by atoms with Crippen LogP contribution in [-0.2, 0) is 11.3 Å². The maximum absolute atomic E-state index is 12.2. The molecule has 0 saturated carbocycles. The third-order valence-corrected chi connectivity index (χ3v) is 4.76. The molecule has 118 valence electrons. The summed E-state index contributed by atoms with van der Waals surface area (Å²) in [6.45, 7) is 0.